The second kappa shape index (κ2) is 11.2. The zero-order valence-corrected chi connectivity index (χ0v) is 26.1. The van der Waals surface area contributed by atoms with Crippen molar-refractivity contribution in [3.05, 3.63) is 186 Å². The predicted molar refractivity (Wildman–Crippen MR) is 197 cm³/mol. The average Bonchev–Trinajstić information content (AvgIpc) is 3.50. The van der Waals surface area contributed by atoms with E-state index >= 15 is 0 Å². The highest BCUT2D eigenvalue weighted by atomic mass is 32.2. The van der Waals surface area contributed by atoms with Gasteiger partial charge in [0.15, 0.2) is 0 Å². The minimum absolute atomic E-state index is 0.437. The Balaban J connectivity index is 1.30. The highest BCUT2D eigenvalue weighted by molar-refractivity contribution is 8.03. The standard InChI is InChI=1S/C44H31NS/c1-3-13-30(14-4-1)31-23-26-42(41(27-31)40-28-32-15-7-8-18-35(32)36-19-9-10-20-37(36)40)45(33-16-5-2-6-17-33)34-24-25-39-38-21-11-12-22-43(38)46-44(39)29-34/h1-24,26-29,39H,25H2. The summed E-state index contributed by atoms with van der Waals surface area (Å²) in [5, 5.41) is 5.07. The highest BCUT2D eigenvalue weighted by Gasteiger charge is 2.31. The lowest BCUT2D eigenvalue weighted by atomic mass is 9.89. The summed E-state index contributed by atoms with van der Waals surface area (Å²) < 4.78 is 0. The lowest BCUT2D eigenvalue weighted by molar-refractivity contribution is 0.825. The van der Waals surface area contributed by atoms with Gasteiger partial charge in [0.05, 0.1) is 5.69 Å². The molecule has 218 valence electrons. The van der Waals surface area contributed by atoms with Crippen molar-refractivity contribution < 1.29 is 0 Å². The summed E-state index contributed by atoms with van der Waals surface area (Å²) in [4.78, 5) is 5.29. The highest BCUT2D eigenvalue weighted by Crippen LogP contribution is 2.53. The van der Waals surface area contributed by atoms with Crippen molar-refractivity contribution in [2.45, 2.75) is 17.2 Å². The summed E-state index contributed by atoms with van der Waals surface area (Å²) >= 11 is 1.93. The molecule has 0 radical (unpaired) electrons. The van der Waals surface area contributed by atoms with Crippen LogP contribution in [0, 0.1) is 0 Å². The van der Waals surface area contributed by atoms with Crippen molar-refractivity contribution in [1.82, 2.24) is 0 Å². The quantitative estimate of drug-likeness (QED) is 0.180. The smallest absolute Gasteiger partial charge is 0.0540 e. The maximum Gasteiger partial charge on any atom is 0.0540 e. The molecule has 2 aliphatic rings. The molecule has 1 aliphatic heterocycles. The molecule has 1 unspecified atom stereocenters. The molecule has 1 aliphatic carbocycles. The van der Waals surface area contributed by atoms with E-state index in [4.69, 9.17) is 0 Å². The molecular weight excluding hydrogens is 575 g/mol. The third-order valence-corrected chi connectivity index (χ3v) is 10.6. The number of rotatable bonds is 5. The van der Waals surface area contributed by atoms with Gasteiger partial charge in [-0.15, -0.1) is 0 Å². The summed E-state index contributed by atoms with van der Waals surface area (Å²) in [6.07, 6.45) is 5.86. The van der Waals surface area contributed by atoms with Crippen LogP contribution in [0.5, 0.6) is 0 Å². The first-order chi connectivity index (χ1) is 22.8. The van der Waals surface area contributed by atoms with E-state index in [9.17, 15) is 0 Å². The molecule has 0 fully saturated rings. The Labute approximate surface area is 274 Å². The van der Waals surface area contributed by atoms with Gasteiger partial charge < -0.3 is 4.90 Å². The normalized spacial score (nSPS) is 15.3. The second-order valence-corrected chi connectivity index (χ2v) is 13.2. The van der Waals surface area contributed by atoms with Gasteiger partial charge in [0, 0.05) is 27.8 Å². The van der Waals surface area contributed by atoms with E-state index in [2.05, 4.69) is 175 Å². The van der Waals surface area contributed by atoms with Gasteiger partial charge in [-0.2, -0.15) is 0 Å². The number of fused-ring (bicyclic) bond motifs is 6. The Bertz CT molecular complexity index is 2320. The summed E-state index contributed by atoms with van der Waals surface area (Å²) in [5.41, 5.74) is 9.89. The first-order valence-electron chi connectivity index (χ1n) is 16.0. The fourth-order valence-electron chi connectivity index (χ4n) is 7.22. The van der Waals surface area contributed by atoms with Crippen molar-refractivity contribution in [2.75, 3.05) is 4.90 Å². The van der Waals surface area contributed by atoms with Crippen LogP contribution in [0.1, 0.15) is 17.9 Å². The molecule has 0 N–H and O–H groups in total. The van der Waals surface area contributed by atoms with E-state index in [0.29, 0.717) is 5.92 Å². The molecule has 7 aromatic carbocycles. The topological polar surface area (TPSA) is 3.24 Å². The summed E-state index contributed by atoms with van der Waals surface area (Å²) in [7, 11) is 0. The Morgan fingerprint density at radius 3 is 2.09 bits per heavy atom. The summed E-state index contributed by atoms with van der Waals surface area (Å²) in [6, 6.07) is 57.5. The van der Waals surface area contributed by atoms with E-state index in [1.54, 1.807) is 0 Å². The van der Waals surface area contributed by atoms with E-state index < -0.39 is 0 Å². The Morgan fingerprint density at radius 1 is 0.543 bits per heavy atom. The number of benzene rings is 7. The van der Waals surface area contributed by atoms with Gasteiger partial charge in [0.1, 0.15) is 0 Å². The maximum atomic E-state index is 2.47. The van der Waals surface area contributed by atoms with Crippen LogP contribution in [-0.2, 0) is 0 Å². The SMILES string of the molecule is C1=C2Sc3ccccc3C2CC=C1N(c1ccccc1)c1ccc(-c2ccccc2)cc1-c1cc2ccccc2c2ccccc12. The minimum atomic E-state index is 0.437. The molecule has 1 heterocycles. The van der Waals surface area contributed by atoms with E-state index in [-0.39, 0.29) is 0 Å². The fourth-order valence-corrected chi connectivity index (χ4v) is 8.50. The van der Waals surface area contributed by atoms with Gasteiger partial charge in [0.2, 0.25) is 0 Å². The van der Waals surface area contributed by atoms with Crippen molar-refractivity contribution in [3.63, 3.8) is 0 Å². The number of anilines is 2. The number of thioether (sulfide) groups is 1. The maximum absolute atomic E-state index is 2.47. The average molecular weight is 606 g/mol. The molecule has 0 saturated carbocycles. The summed E-state index contributed by atoms with van der Waals surface area (Å²) in [6.45, 7) is 0. The molecule has 46 heavy (non-hydrogen) atoms. The molecule has 0 amide bonds. The zero-order chi connectivity index (χ0) is 30.5. The van der Waals surface area contributed by atoms with Gasteiger partial charge in [0.25, 0.3) is 0 Å². The largest absolute Gasteiger partial charge is 0.310 e. The van der Waals surface area contributed by atoms with Crippen LogP contribution in [0.3, 0.4) is 0 Å². The fraction of sp³-hybridized carbons (Fsp3) is 0.0455. The van der Waals surface area contributed by atoms with Gasteiger partial charge in [-0.05, 0) is 97.6 Å². The predicted octanol–water partition coefficient (Wildman–Crippen LogP) is 12.5. The minimum Gasteiger partial charge on any atom is -0.310 e. The second-order valence-electron chi connectivity index (χ2n) is 12.1. The van der Waals surface area contributed by atoms with Crippen LogP contribution in [0.25, 0.3) is 43.8 Å². The number of para-hydroxylation sites is 1. The molecule has 9 rings (SSSR count). The van der Waals surface area contributed by atoms with Crippen LogP contribution in [0.2, 0.25) is 0 Å². The van der Waals surface area contributed by atoms with Crippen molar-refractivity contribution in [3.8, 4) is 22.3 Å². The molecule has 1 nitrogen and oxygen atoms in total. The molecule has 1 atom stereocenters. The monoisotopic (exact) mass is 605 g/mol. The molecule has 7 aromatic rings. The Hall–Kier alpha value is -5.31. The first kappa shape index (κ1) is 27.0. The number of hydrogen-bond donors (Lipinski definition) is 0. The zero-order valence-electron chi connectivity index (χ0n) is 25.3. The lowest BCUT2D eigenvalue weighted by Gasteiger charge is -2.32. The van der Waals surface area contributed by atoms with Crippen LogP contribution < -0.4 is 4.90 Å². The molecule has 0 aromatic heterocycles. The van der Waals surface area contributed by atoms with Crippen LogP contribution in [0.15, 0.2) is 185 Å². The lowest BCUT2D eigenvalue weighted by Crippen LogP contribution is -2.18. The van der Waals surface area contributed by atoms with E-state index in [1.165, 1.54) is 70.5 Å². The first-order valence-corrected chi connectivity index (χ1v) is 16.8. The number of nitrogens with zero attached hydrogens (tertiary/aromatic N) is 1. The van der Waals surface area contributed by atoms with Crippen LogP contribution in [-0.4, -0.2) is 0 Å². The summed E-state index contributed by atoms with van der Waals surface area (Å²) in [5.74, 6) is 0.437. The van der Waals surface area contributed by atoms with Gasteiger partial charge in [-0.1, -0.05) is 139 Å². The molecule has 2 heteroatoms. The van der Waals surface area contributed by atoms with Gasteiger partial charge in [-0.25, -0.2) is 0 Å². The Kier molecular flexibility index (Phi) is 6.61. The van der Waals surface area contributed by atoms with Crippen molar-refractivity contribution in [2.24, 2.45) is 0 Å². The Morgan fingerprint density at radius 2 is 1.24 bits per heavy atom. The number of allylic oxidation sites excluding steroid dienone is 3. The molecule has 0 bridgehead atoms. The van der Waals surface area contributed by atoms with Gasteiger partial charge in [-0.3, -0.25) is 0 Å². The number of hydrogen-bond acceptors (Lipinski definition) is 2. The molecular formula is C44H31NS. The van der Waals surface area contributed by atoms with E-state index in [0.717, 1.165) is 12.1 Å². The van der Waals surface area contributed by atoms with Crippen molar-refractivity contribution in [1.29, 1.82) is 0 Å². The molecule has 0 saturated heterocycles. The molecule has 0 spiro atoms. The van der Waals surface area contributed by atoms with Crippen LogP contribution in [0.4, 0.5) is 11.4 Å². The third-order valence-electron chi connectivity index (χ3n) is 9.39. The third kappa shape index (κ3) is 4.57. The van der Waals surface area contributed by atoms with E-state index in [1.807, 2.05) is 11.8 Å². The van der Waals surface area contributed by atoms with Crippen molar-refractivity contribution >= 4 is 44.7 Å². The van der Waals surface area contributed by atoms with Gasteiger partial charge >= 0.3 is 0 Å². The van der Waals surface area contributed by atoms with Crippen LogP contribution >= 0.6 is 11.8 Å².